The minimum atomic E-state index is 0.755. The maximum Gasteiger partial charge on any atom is 0.233 e. The topological polar surface area (TPSA) is 30.2 Å². The van der Waals surface area contributed by atoms with Crippen LogP contribution in [-0.2, 0) is 0 Å². The summed E-state index contributed by atoms with van der Waals surface area (Å²) in [6.45, 7) is 6.01. The second kappa shape index (κ2) is 3.85. The molecule has 0 spiro atoms. The van der Waals surface area contributed by atoms with E-state index >= 15 is 0 Å². The van der Waals surface area contributed by atoms with Crippen molar-refractivity contribution in [2.24, 2.45) is 0 Å². The summed E-state index contributed by atoms with van der Waals surface area (Å²) in [4.78, 5) is 8.10. The van der Waals surface area contributed by atoms with Gasteiger partial charge in [0.05, 0.1) is 0 Å². The standard InChI is InChI=1S/C7H7N3.C2H6/c1-6-4-9-7-8-2-3-10(7)5-6;1-2/h2-5H,1H3;1-2H3. The van der Waals surface area contributed by atoms with Crippen LogP contribution in [0.5, 0.6) is 0 Å². The van der Waals surface area contributed by atoms with Gasteiger partial charge in [-0.1, -0.05) is 13.8 Å². The molecule has 0 saturated carbocycles. The van der Waals surface area contributed by atoms with Crippen molar-refractivity contribution >= 4 is 5.78 Å². The largest absolute Gasteiger partial charge is 0.291 e. The molecule has 0 aliphatic carbocycles. The molecule has 0 saturated heterocycles. The molecule has 0 radical (unpaired) electrons. The van der Waals surface area contributed by atoms with Crippen LogP contribution in [0.2, 0.25) is 0 Å². The number of hydrogen-bond acceptors (Lipinski definition) is 2. The van der Waals surface area contributed by atoms with E-state index in [1.165, 1.54) is 0 Å². The molecule has 64 valence electrons. The molecule has 2 aromatic rings. The Balaban J connectivity index is 0.000000336. The van der Waals surface area contributed by atoms with Crippen molar-refractivity contribution in [1.82, 2.24) is 14.4 Å². The maximum absolute atomic E-state index is 4.09. The van der Waals surface area contributed by atoms with Gasteiger partial charge in [-0.2, -0.15) is 0 Å². The fraction of sp³-hybridized carbons (Fsp3) is 0.333. The summed E-state index contributed by atoms with van der Waals surface area (Å²) < 4.78 is 1.90. The number of aromatic nitrogens is 3. The first-order valence-electron chi connectivity index (χ1n) is 4.11. The number of rotatable bonds is 0. The van der Waals surface area contributed by atoms with Crippen LogP contribution in [0.15, 0.2) is 24.8 Å². The summed E-state index contributed by atoms with van der Waals surface area (Å²) >= 11 is 0. The van der Waals surface area contributed by atoms with Gasteiger partial charge in [0.15, 0.2) is 0 Å². The summed E-state index contributed by atoms with van der Waals surface area (Å²) in [6, 6.07) is 0. The first-order chi connectivity index (χ1) is 5.86. The number of fused-ring (bicyclic) bond motifs is 1. The van der Waals surface area contributed by atoms with Gasteiger partial charge < -0.3 is 0 Å². The van der Waals surface area contributed by atoms with Crippen molar-refractivity contribution in [3.63, 3.8) is 0 Å². The van der Waals surface area contributed by atoms with Gasteiger partial charge in [-0.05, 0) is 12.5 Å². The highest BCUT2D eigenvalue weighted by atomic mass is 15.1. The molecule has 2 aromatic heterocycles. The zero-order valence-corrected chi connectivity index (χ0v) is 7.65. The van der Waals surface area contributed by atoms with Gasteiger partial charge in [-0.25, -0.2) is 9.97 Å². The molecule has 0 amide bonds. The molecule has 0 fully saturated rings. The lowest BCUT2D eigenvalue weighted by atomic mass is 10.4. The predicted molar refractivity (Wildman–Crippen MR) is 49.1 cm³/mol. The Hall–Kier alpha value is -1.38. The minimum absolute atomic E-state index is 0.755. The van der Waals surface area contributed by atoms with Gasteiger partial charge >= 0.3 is 0 Å². The third-order valence-corrected chi connectivity index (χ3v) is 1.37. The Bertz CT molecular complexity index is 351. The number of hydrogen-bond donors (Lipinski definition) is 0. The molecule has 3 nitrogen and oxygen atoms in total. The van der Waals surface area contributed by atoms with E-state index in [1.54, 1.807) is 6.20 Å². The number of aryl methyl sites for hydroxylation is 1. The SMILES string of the molecule is CC.Cc1cnc2nccn2c1. The minimum Gasteiger partial charge on any atom is -0.291 e. The van der Waals surface area contributed by atoms with Gasteiger partial charge in [-0.15, -0.1) is 0 Å². The van der Waals surface area contributed by atoms with Crippen LogP contribution < -0.4 is 0 Å². The van der Waals surface area contributed by atoms with E-state index in [2.05, 4.69) is 9.97 Å². The van der Waals surface area contributed by atoms with Gasteiger partial charge in [0.1, 0.15) is 0 Å². The average molecular weight is 163 g/mol. The normalized spacial score (nSPS) is 9.25. The predicted octanol–water partition coefficient (Wildman–Crippen LogP) is 2.06. The molecular formula is C9H13N3. The second-order valence-electron chi connectivity index (χ2n) is 2.27. The number of nitrogens with zero attached hydrogens (tertiary/aromatic N) is 3. The fourth-order valence-electron chi connectivity index (χ4n) is 0.918. The highest BCUT2D eigenvalue weighted by Gasteiger charge is 1.91. The lowest BCUT2D eigenvalue weighted by molar-refractivity contribution is 1.08. The van der Waals surface area contributed by atoms with Crippen LogP contribution in [0, 0.1) is 6.92 Å². The van der Waals surface area contributed by atoms with Crippen LogP contribution in [-0.4, -0.2) is 14.4 Å². The molecule has 0 aliphatic rings. The molecule has 0 aromatic carbocycles. The summed E-state index contributed by atoms with van der Waals surface area (Å²) in [5.41, 5.74) is 1.14. The molecule has 2 rings (SSSR count). The zero-order chi connectivity index (χ0) is 8.97. The van der Waals surface area contributed by atoms with Crippen LogP contribution >= 0.6 is 0 Å². The van der Waals surface area contributed by atoms with Crippen LogP contribution in [0.3, 0.4) is 0 Å². The fourth-order valence-corrected chi connectivity index (χ4v) is 0.918. The lowest BCUT2D eigenvalue weighted by Gasteiger charge is -1.91. The van der Waals surface area contributed by atoms with Crippen molar-refractivity contribution in [2.75, 3.05) is 0 Å². The van der Waals surface area contributed by atoms with Gasteiger partial charge in [-0.3, -0.25) is 4.40 Å². The Morgan fingerprint density at radius 2 is 2.00 bits per heavy atom. The molecule has 0 N–H and O–H groups in total. The van der Waals surface area contributed by atoms with Crippen molar-refractivity contribution < 1.29 is 0 Å². The second-order valence-corrected chi connectivity index (χ2v) is 2.27. The van der Waals surface area contributed by atoms with E-state index in [0.717, 1.165) is 11.3 Å². The number of imidazole rings is 1. The average Bonchev–Trinajstić information content (AvgIpc) is 2.54. The molecule has 3 heteroatoms. The first-order valence-corrected chi connectivity index (χ1v) is 4.11. The van der Waals surface area contributed by atoms with Gasteiger partial charge in [0.25, 0.3) is 0 Å². The molecule has 0 atom stereocenters. The van der Waals surface area contributed by atoms with Crippen molar-refractivity contribution in [2.45, 2.75) is 20.8 Å². The molecular weight excluding hydrogens is 150 g/mol. The first kappa shape index (κ1) is 8.71. The van der Waals surface area contributed by atoms with E-state index in [0.29, 0.717) is 0 Å². The monoisotopic (exact) mass is 163 g/mol. The molecule has 0 unspecified atom stereocenters. The Morgan fingerprint density at radius 1 is 1.25 bits per heavy atom. The van der Waals surface area contributed by atoms with E-state index in [4.69, 9.17) is 0 Å². The van der Waals surface area contributed by atoms with Crippen molar-refractivity contribution in [1.29, 1.82) is 0 Å². The lowest BCUT2D eigenvalue weighted by Crippen LogP contribution is -1.87. The van der Waals surface area contributed by atoms with Crippen LogP contribution in [0.1, 0.15) is 19.4 Å². The quantitative estimate of drug-likeness (QED) is 0.595. The molecule has 0 aliphatic heterocycles. The van der Waals surface area contributed by atoms with E-state index in [1.807, 2.05) is 43.8 Å². The Kier molecular flexibility index (Phi) is 2.80. The summed E-state index contributed by atoms with van der Waals surface area (Å²) in [5.74, 6) is 0.755. The van der Waals surface area contributed by atoms with E-state index in [9.17, 15) is 0 Å². The third-order valence-electron chi connectivity index (χ3n) is 1.37. The summed E-state index contributed by atoms with van der Waals surface area (Å²) in [6.07, 6.45) is 7.43. The molecule has 0 bridgehead atoms. The highest BCUT2D eigenvalue weighted by Crippen LogP contribution is 1.97. The van der Waals surface area contributed by atoms with E-state index < -0.39 is 0 Å². The maximum atomic E-state index is 4.09. The van der Waals surface area contributed by atoms with Crippen LogP contribution in [0.25, 0.3) is 5.78 Å². The van der Waals surface area contributed by atoms with Crippen molar-refractivity contribution in [3.05, 3.63) is 30.4 Å². The van der Waals surface area contributed by atoms with Crippen molar-refractivity contribution in [3.8, 4) is 0 Å². The van der Waals surface area contributed by atoms with Gasteiger partial charge in [0, 0.05) is 24.8 Å². The van der Waals surface area contributed by atoms with Crippen LogP contribution in [0.4, 0.5) is 0 Å². The third kappa shape index (κ3) is 1.61. The zero-order valence-electron chi connectivity index (χ0n) is 7.65. The molecule has 12 heavy (non-hydrogen) atoms. The molecule has 2 heterocycles. The van der Waals surface area contributed by atoms with E-state index in [-0.39, 0.29) is 0 Å². The Morgan fingerprint density at radius 3 is 2.75 bits per heavy atom. The van der Waals surface area contributed by atoms with Gasteiger partial charge in [0.2, 0.25) is 5.78 Å². The highest BCUT2D eigenvalue weighted by molar-refractivity contribution is 5.27. The summed E-state index contributed by atoms with van der Waals surface area (Å²) in [7, 11) is 0. The summed E-state index contributed by atoms with van der Waals surface area (Å²) in [5, 5.41) is 0. The smallest absolute Gasteiger partial charge is 0.233 e. The Labute approximate surface area is 72.1 Å².